The number of aromatic hydroxyl groups is 1. The van der Waals surface area contributed by atoms with Gasteiger partial charge in [-0.15, -0.1) is 0 Å². The molecule has 2 atom stereocenters. The predicted octanol–water partition coefficient (Wildman–Crippen LogP) is 2.66. The third-order valence-electron chi connectivity index (χ3n) is 4.37. The Morgan fingerprint density at radius 3 is 2.59 bits per heavy atom. The molecule has 0 radical (unpaired) electrons. The van der Waals surface area contributed by atoms with Crippen LogP contribution in [-0.4, -0.2) is 35.8 Å². The summed E-state index contributed by atoms with van der Waals surface area (Å²) in [4.78, 5) is 2.13. The summed E-state index contributed by atoms with van der Waals surface area (Å²) in [6.07, 6.45) is 0.268. The lowest BCUT2D eigenvalue weighted by Gasteiger charge is -2.37. The summed E-state index contributed by atoms with van der Waals surface area (Å²) in [7, 11) is 3.52. The average molecular weight is 299 g/mol. The first-order valence-corrected chi connectivity index (χ1v) is 7.43. The molecule has 0 amide bonds. The molecule has 0 spiro atoms. The molecule has 0 bridgehead atoms. The zero-order chi connectivity index (χ0) is 15.7. The van der Waals surface area contributed by atoms with Crippen molar-refractivity contribution < 1.29 is 14.9 Å². The Hall–Kier alpha value is -2.04. The van der Waals surface area contributed by atoms with Gasteiger partial charge in [-0.25, -0.2) is 0 Å². The van der Waals surface area contributed by atoms with Crippen LogP contribution in [0.3, 0.4) is 0 Å². The number of phenols is 1. The van der Waals surface area contributed by atoms with Crippen LogP contribution in [0.15, 0.2) is 42.5 Å². The number of phenolic OH excluding ortho intramolecular Hbond substituents is 1. The zero-order valence-corrected chi connectivity index (χ0v) is 12.9. The van der Waals surface area contributed by atoms with Crippen LogP contribution in [0.25, 0.3) is 0 Å². The maximum absolute atomic E-state index is 10.3. The highest BCUT2D eigenvalue weighted by atomic mass is 16.5. The van der Waals surface area contributed by atoms with Crippen LogP contribution in [0.1, 0.15) is 28.8 Å². The fourth-order valence-corrected chi connectivity index (χ4v) is 3.18. The number of hydrogen-bond acceptors (Lipinski definition) is 4. The van der Waals surface area contributed by atoms with Crippen LogP contribution >= 0.6 is 0 Å². The van der Waals surface area contributed by atoms with Crippen LogP contribution in [0, 0.1) is 0 Å². The monoisotopic (exact) mass is 299 g/mol. The van der Waals surface area contributed by atoms with Crippen molar-refractivity contribution in [1.29, 1.82) is 0 Å². The third kappa shape index (κ3) is 2.67. The van der Waals surface area contributed by atoms with Crippen molar-refractivity contribution in [3.05, 3.63) is 59.2 Å². The lowest BCUT2D eigenvalue weighted by atomic mass is 9.87. The van der Waals surface area contributed by atoms with Gasteiger partial charge in [0.25, 0.3) is 0 Å². The number of ether oxygens (including phenoxy) is 1. The van der Waals surface area contributed by atoms with Crippen molar-refractivity contribution in [2.24, 2.45) is 0 Å². The van der Waals surface area contributed by atoms with Gasteiger partial charge in [0.05, 0.1) is 13.2 Å². The number of methoxy groups -OCH3 is 1. The van der Waals surface area contributed by atoms with Gasteiger partial charge in [-0.2, -0.15) is 0 Å². The highest BCUT2D eigenvalue weighted by molar-refractivity contribution is 5.49. The lowest BCUT2D eigenvalue weighted by molar-refractivity contribution is 0.0832. The number of β-amino-alcohol motifs (C(OH)–C–C–N with tert-alkyl or cyclic N) is 1. The van der Waals surface area contributed by atoms with Gasteiger partial charge in [-0.05, 0) is 42.3 Å². The number of aliphatic hydroxyl groups is 1. The molecule has 2 aromatic rings. The van der Waals surface area contributed by atoms with Gasteiger partial charge >= 0.3 is 0 Å². The van der Waals surface area contributed by atoms with E-state index in [0.717, 1.165) is 17.5 Å². The average Bonchev–Trinajstić information content (AvgIpc) is 2.52. The van der Waals surface area contributed by atoms with E-state index in [-0.39, 0.29) is 11.8 Å². The van der Waals surface area contributed by atoms with E-state index >= 15 is 0 Å². The molecule has 1 heterocycles. The van der Waals surface area contributed by atoms with Crippen molar-refractivity contribution >= 4 is 0 Å². The maximum atomic E-state index is 10.3. The largest absolute Gasteiger partial charge is 0.504 e. The first-order chi connectivity index (χ1) is 10.6. The van der Waals surface area contributed by atoms with Gasteiger partial charge in [0.2, 0.25) is 0 Å². The molecule has 0 aromatic heterocycles. The van der Waals surface area contributed by atoms with Crippen LogP contribution < -0.4 is 4.74 Å². The highest BCUT2D eigenvalue weighted by Gasteiger charge is 2.31. The molecule has 0 fully saturated rings. The Morgan fingerprint density at radius 1 is 1.18 bits per heavy atom. The van der Waals surface area contributed by atoms with Crippen molar-refractivity contribution in [1.82, 2.24) is 4.90 Å². The minimum absolute atomic E-state index is 0.113. The van der Waals surface area contributed by atoms with Gasteiger partial charge in [0, 0.05) is 12.6 Å². The van der Waals surface area contributed by atoms with E-state index in [9.17, 15) is 10.2 Å². The molecule has 2 N–H and O–H groups in total. The molecule has 0 unspecified atom stereocenters. The maximum Gasteiger partial charge on any atom is 0.160 e. The number of benzene rings is 2. The van der Waals surface area contributed by atoms with E-state index in [1.807, 2.05) is 25.2 Å². The molecule has 22 heavy (non-hydrogen) atoms. The van der Waals surface area contributed by atoms with Crippen molar-refractivity contribution in [2.45, 2.75) is 18.6 Å². The Labute approximate surface area is 130 Å². The van der Waals surface area contributed by atoms with Crippen LogP contribution in [0.2, 0.25) is 0 Å². The Bertz CT molecular complexity index is 657. The van der Waals surface area contributed by atoms with Crippen molar-refractivity contribution in [3.8, 4) is 11.5 Å². The molecule has 4 nitrogen and oxygen atoms in total. The minimum atomic E-state index is -0.568. The molecule has 0 aliphatic carbocycles. The van der Waals surface area contributed by atoms with E-state index in [4.69, 9.17) is 4.74 Å². The van der Waals surface area contributed by atoms with E-state index < -0.39 is 6.10 Å². The van der Waals surface area contributed by atoms with Gasteiger partial charge in [-0.1, -0.05) is 30.3 Å². The summed E-state index contributed by atoms with van der Waals surface area (Å²) in [5.74, 6) is 0.516. The molecular formula is C18H21NO3. The van der Waals surface area contributed by atoms with Gasteiger partial charge in [-0.3, -0.25) is 4.90 Å². The summed E-state index contributed by atoms with van der Waals surface area (Å²) in [5, 5.41) is 20.4. The number of rotatable bonds is 3. The standard InChI is InChI=1S/C18H21NO3/c1-19-11-17(21)14-10-18(22-2)16(20)9-13(14)15(19)8-12-6-4-3-5-7-12/h3-7,9-10,15,17,20-21H,8,11H2,1-2H3/t15-,17-/m0/s1. The third-order valence-corrected chi connectivity index (χ3v) is 4.37. The van der Waals surface area contributed by atoms with Crippen molar-refractivity contribution in [2.75, 3.05) is 20.7 Å². The molecule has 2 aromatic carbocycles. The van der Waals surface area contributed by atoms with Crippen LogP contribution in [0.4, 0.5) is 0 Å². The molecule has 0 saturated heterocycles. The zero-order valence-electron chi connectivity index (χ0n) is 12.9. The Morgan fingerprint density at radius 2 is 1.91 bits per heavy atom. The summed E-state index contributed by atoms with van der Waals surface area (Å²) in [6.45, 7) is 0.568. The first kappa shape index (κ1) is 14.9. The van der Waals surface area contributed by atoms with Crippen LogP contribution in [0.5, 0.6) is 11.5 Å². The molecule has 1 aliphatic heterocycles. The second-order valence-corrected chi connectivity index (χ2v) is 5.81. The van der Waals surface area contributed by atoms with E-state index in [1.165, 1.54) is 12.7 Å². The molecule has 1 aliphatic rings. The van der Waals surface area contributed by atoms with Crippen LogP contribution in [-0.2, 0) is 6.42 Å². The second-order valence-electron chi connectivity index (χ2n) is 5.81. The predicted molar refractivity (Wildman–Crippen MR) is 85.1 cm³/mol. The summed E-state index contributed by atoms with van der Waals surface area (Å²) in [6, 6.07) is 13.9. The molecule has 3 rings (SSSR count). The summed E-state index contributed by atoms with van der Waals surface area (Å²) in [5.41, 5.74) is 3.04. The SMILES string of the molecule is COc1cc2c(cc1O)[C@H](Cc1ccccc1)N(C)C[C@@H]2O. The minimum Gasteiger partial charge on any atom is -0.504 e. The normalized spacial score (nSPS) is 21.4. The Balaban J connectivity index is 2.01. The summed E-state index contributed by atoms with van der Waals surface area (Å²) < 4.78 is 5.17. The molecule has 116 valence electrons. The fourth-order valence-electron chi connectivity index (χ4n) is 3.18. The fraction of sp³-hybridized carbons (Fsp3) is 0.333. The van der Waals surface area contributed by atoms with E-state index in [2.05, 4.69) is 17.0 Å². The van der Waals surface area contributed by atoms with Gasteiger partial charge < -0.3 is 14.9 Å². The van der Waals surface area contributed by atoms with E-state index in [0.29, 0.717) is 12.3 Å². The molecule has 4 heteroatoms. The number of fused-ring (bicyclic) bond motifs is 1. The quantitative estimate of drug-likeness (QED) is 0.915. The number of aliphatic hydroxyl groups excluding tert-OH is 1. The topological polar surface area (TPSA) is 52.9 Å². The smallest absolute Gasteiger partial charge is 0.160 e. The molecule has 0 saturated carbocycles. The van der Waals surface area contributed by atoms with E-state index in [1.54, 1.807) is 12.1 Å². The first-order valence-electron chi connectivity index (χ1n) is 7.43. The van der Waals surface area contributed by atoms with Crippen molar-refractivity contribution in [3.63, 3.8) is 0 Å². The molecular weight excluding hydrogens is 278 g/mol. The number of hydrogen-bond donors (Lipinski definition) is 2. The second kappa shape index (κ2) is 5.99. The Kier molecular flexibility index (Phi) is 4.05. The lowest BCUT2D eigenvalue weighted by Crippen LogP contribution is -2.36. The van der Waals surface area contributed by atoms with Gasteiger partial charge in [0.1, 0.15) is 0 Å². The highest BCUT2D eigenvalue weighted by Crippen LogP contribution is 2.41. The summed E-state index contributed by atoms with van der Waals surface area (Å²) >= 11 is 0. The number of nitrogens with zero attached hydrogens (tertiary/aromatic N) is 1. The number of likely N-dealkylation sites (N-methyl/N-ethyl adjacent to an activating group) is 1. The van der Waals surface area contributed by atoms with Gasteiger partial charge in [0.15, 0.2) is 11.5 Å².